The van der Waals surface area contributed by atoms with Crippen LogP contribution in [0.4, 0.5) is 17.6 Å². The van der Waals surface area contributed by atoms with Crippen LogP contribution in [0.25, 0.3) is 0 Å². The minimum atomic E-state index is -4.29. The second-order valence-electron chi connectivity index (χ2n) is 4.97. The molecule has 0 amide bonds. The molecule has 0 aromatic heterocycles. The van der Waals surface area contributed by atoms with Crippen molar-refractivity contribution in [3.05, 3.63) is 35.1 Å². The molecule has 3 N–H and O–H groups in total. The second-order valence-corrected chi connectivity index (χ2v) is 4.97. The molecule has 110 valence electrons. The standard InChI is InChI=1S/C13H15F4N3/c14-11-5-8(12(18)19)1-2-9(11)6-20(10-3-4-10)7-13(15,16)17/h1-2,5,10H,3-4,6-7H2,(H3,18,19). The molecule has 1 fully saturated rings. The molecular weight excluding hydrogens is 274 g/mol. The molecule has 2 rings (SSSR count). The number of hydrogen-bond acceptors (Lipinski definition) is 2. The first-order valence-corrected chi connectivity index (χ1v) is 6.20. The van der Waals surface area contributed by atoms with Crippen LogP contribution in [0.15, 0.2) is 18.2 Å². The Morgan fingerprint density at radius 2 is 2.00 bits per heavy atom. The van der Waals surface area contributed by atoms with Crippen LogP contribution in [0, 0.1) is 11.2 Å². The predicted molar refractivity (Wildman–Crippen MR) is 66.9 cm³/mol. The molecule has 0 unspecified atom stereocenters. The number of halogens is 4. The highest BCUT2D eigenvalue weighted by molar-refractivity contribution is 5.94. The summed E-state index contributed by atoms with van der Waals surface area (Å²) in [6.45, 7) is -1.13. The Kier molecular flexibility index (Phi) is 3.99. The number of amidine groups is 1. The third kappa shape index (κ3) is 3.93. The van der Waals surface area contributed by atoms with E-state index in [1.54, 1.807) is 0 Å². The van der Waals surface area contributed by atoms with Crippen molar-refractivity contribution in [3.63, 3.8) is 0 Å². The average Bonchev–Trinajstić information content (AvgIpc) is 3.12. The normalized spacial score (nSPS) is 15.7. The molecule has 0 bridgehead atoms. The van der Waals surface area contributed by atoms with Crippen LogP contribution in [0.1, 0.15) is 24.0 Å². The summed E-state index contributed by atoms with van der Waals surface area (Å²) in [7, 11) is 0. The number of nitrogens with zero attached hydrogens (tertiary/aromatic N) is 1. The van der Waals surface area contributed by atoms with Gasteiger partial charge in [0.25, 0.3) is 0 Å². The number of nitrogens with one attached hydrogen (secondary N) is 1. The van der Waals surface area contributed by atoms with Gasteiger partial charge in [-0.05, 0) is 18.9 Å². The molecule has 20 heavy (non-hydrogen) atoms. The molecular formula is C13H15F4N3. The molecule has 0 radical (unpaired) electrons. The van der Waals surface area contributed by atoms with E-state index in [0.717, 1.165) is 6.07 Å². The number of rotatable bonds is 5. The largest absolute Gasteiger partial charge is 0.401 e. The van der Waals surface area contributed by atoms with E-state index in [4.69, 9.17) is 11.1 Å². The van der Waals surface area contributed by atoms with Crippen LogP contribution >= 0.6 is 0 Å². The van der Waals surface area contributed by atoms with Gasteiger partial charge in [0, 0.05) is 23.7 Å². The highest BCUT2D eigenvalue weighted by Gasteiger charge is 2.38. The highest BCUT2D eigenvalue weighted by Crippen LogP contribution is 2.31. The molecule has 1 aliphatic carbocycles. The lowest BCUT2D eigenvalue weighted by Crippen LogP contribution is -2.35. The van der Waals surface area contributed by atoms with E-state index < -0.39 is 18.5 Å². The van der Waals surface area contributed by atoms with Crippen LogP contribution in [0.5, 0.6) is 0 Å². The predicted octanol–water partition coefficient (Wildman–Crippen LogP) is 2.64. The zero-order valence-electron chi connectivity index (χ0n) is 10.7. The van der Waals surface area contributed by atoms with Gasteiger partial charge < -0.3 is 5.73 Å². The first kappa shape index (κ1) is 14.8. The maximum atomic E-state index is 13.8. The number of alkyl halides is 3. The van der Waals surface area contributed by atoms with Gasteiger partial charge in [-0.2, -0.15) is 13.2 Å². The highest BCUT2D eigenvalue weighted by atomic mass is 19.4. The van der Waals surface area contributed by atoms with E-state index in [0.29, 0.717) is 12.8 Å². The van der Waals surface area contributed by atoms with Gasteiger partial charge in [0.15, 0.2) is 0 Å². The van der Waals surface area contributed by atoms with Crippen molar-refractivity contribution in [1.82, 2.24) is 4.90 Å². The van der Waals surface area contributed by atoms with Crippen molar-refractivity contribution >= 4 is 5.84 Å². The summed E-state index contributed by atoms with van der Waals surface area (Å²) in [5, 5.41) is 7.19. The molecule has 0 atom stereocenters. The number of hydrogen-bond donors (Lipinski definition) is 2. The smallest absolute Gasteiger partial charge is 0.384 e. The van der Waals surface area contributed by atoms with Gasteiger partial charge in [0.1, 0.15) is 11.7 Å². The molecule has 7 heteroatoms. The Balaban J connectivity index is 2.12. The van der Waals surface area contributed by atoms with Crippen molar-refractivity contribution in [2.75, 3.05) is 6.54 Å². The van der Waals surface area contributed by atoms with Crippen LogP contribution in [0.2, 0.25) is 0 Å². The first-order valence-electron chi connectivity index (χ1n) is 6.20. The second kappa shape index (κ2) is 5.40. The van der Waals surface area contributed by atoms with Crippen molar-refractivity contribution in [3.8, 4) is 0 Å². The molecule has 1 aliphatic rings. The summed E-state index contributed by atoms with van der Waals surface area (Å²) >= 11 is 0. The van der Waals surface area contributed by atoms with Crippen molar-refractivity contribution in [2.45, 2.75) is 31.6 Å². The SMILES string of the molecule is N=C(N)c1ccc(CN(CC(F)(F)F)C2CC2)c(F)c1. The first-order chi connectivity index (χ1) is 9.26. The third-order valence-electron chi connectivity index (χ3n) is 3.18. The summed E-state index contributed by atoms with van der Waals surface area (Å²) in [6.07, 6.45) is -2.87. The van der Waals surface area contributed by atoms with Gasteiger partial charge >= 0.3 is 6.18 Å². The monoisotopic (exact) mass is 289 g/mol. The van der Waals surface area contributed by atoms with Gasteiger partial charge in [-0.15, -0.1) is 0 Å². The number of benzene rings is 1. The number of nitrogens with two attached hydrogens (primary N) is 1. The fourth-order valence-electron chi connectivity index (χ4n) is 2.05. The molecule has 0 heterocycles. The summed E-state index contributed by atoms with van der Waals surface area (Å²) < 4.78 is 51.3. The van der Waals surface area contributed by atoms with Gasteiger partial charge in [0.2, 0.25) is 0 Å². The quantitative estimate of drug-likeness (QED) is 0.497. The van der Waals surface area contributed by atoms with E-state index in [9.17, 15) is 17.6 Å². The van der Waals surface area contributed by atoms with Gasteiger partial charge in [-0.3, -0.25) is 10.3 Å². The molecule has 0 aliphatic heterocycles. The zero-order valence-corrected chi connectivity index (χ0v) is 10.7. The Hall–Kier alpha value is -1.63. The Morgan fingerprint density at radius 3 is 2.45 bits per heavy atom. The van der Waals surface area contributed by atoms with E-state index in [2.05, 4.69) is 0 Å². The molecule has 1 saturated carbocycles. The van der Waals surface area contributed by atoms with Crippen LogP contribution in [-0.2, 0) is 6.54 Å². The van der Waals surface area contributed by atoms with Gasteiger partial charge in [-0.25, -0.2) is 4.39 Å². The van der Waals surface area contributed by atoms with Crippen molar-refractivity contribution in [1.29, 1.82) is 5.41 Å². The zero-order chi connectivity index (χ0) is 14.9. The van der Waals surface area contributed by atoms with Crippen LogP contribution in [-0.4, -0.2) is 29.5 Å². The minimum Gasteiger partial charge on any atom is -0.384 e. The van der Waals surface area contributed by atoms with Gasteiger partial charge in [0.05, 0.1) is 6.54 Å². The lowest BCUT2D eigenvalue weighted by molar-refractivity contribution is -0.148. The maximum Gasteiger partial charge on any atom is 0.401 e. The fraction of sp³-hybridized carbons (Fsp3) is 0.462. The van der Waals surface area contributed by atoms with E-state index >= 15 is 0 Å². The summed E-state index contributed by atoms with van der Waals surface area (Å²) in [6, 6.07) is 3.79. The van der Waals surface area contributed by atoms with Crippen molar-refractivity contribution in [2.24, 2.45) is 5.73 Å². The van der Waals surface area contributed by atoms with Crippen LogP contribution < -0.4 is 5.73 Å². The minimum absolute atomic E-state index is 0.0891. The lowest BCUT2D eigenvalue weighted by Gasteiger charge is -2.23. The third-order valence-corrected chi connectivity index (χ3v) is 3.18. The van der Waals surface area contributed by atoms with Gasteiger partial charge in [-0.1, -0.05) is 12.1 Å². The van der Waals surface area contributed by atoms with E-state index in [-0.39, 0.29) is 29.5 Å². The molecule has 0 saturated heterocycles. The molecule has 3 nitrogen and oxygen atoms in total. The summed E-state index contributed by atoms with van der Waals surface area (Å²) in [4.78, 5) is 1.24. The number of nitrogen functional groups attached to an aromatic ring is 1. The Labute approximate surface area is 113 Å². The Morgan fingerprint density at radius 1 is 1.35 bits per heavy atom. The molecule has 0 spiro atoms. The molecule has 1 aromatic rings. The van der Waals surface area contributed by atoms with E-state index in [1.807, 2.05) is 0 Å². The maximum absolute atomic E-state index is 13.8. The lowest BCUT2D eigenvalue weighted by atomic mass is 10.1. The van der Waals surface area contributed by atoms with Crippen molar-refractivity contribution < 1.29 is 17.6 Å². The topological polar surface area (TPSA) is 53.1 Å². The van der Waals surface area contributed by atoms with E-state index in [1.165, 1.54) is 17.0 Å². The molecule has 1 aromatic carbocycles. The average molecular weight is 289 g/mol. The summed E-state index contributed by atoms with van der Waals surface area (Å²) in [5.41, 5.74) is 5.64. The van der Waals surface area contributed by atoms with Crippen LogP contribution in [0.3, 0.4) is 0 Å². The summed E-state index contributed by atoms with van der Waals surface area (Å²) in [5.74, 6) is -0.907. The Bertz CT molecular complexity index is 509. The fourth-order valence-corrected chi connectivity index (χ4v) is 2.05.